The van der Waals surface area contributed by atoms with E-state index in [0.717, 1.165) is 15.5 Å². The smallest absolute Gasteiger partial charge is 0.239 e. The number of hydrogen-bond acceptors (Lipinski definition) is 5. The Balaban J connectivity index is 1.66. The molecule has 3 rings (SSSR count). The first-order valence-corrected chi connectivity index (χ1v) is 10.3. The van der Waals surface area contributed by atoms with Gasteiger partial charge >= 0.3 is 0 Å². The van der Waals surface area contributed by atoms with Gasteiger partial charge in [-0.05, 0) is 42.8 Å². The van der Waals surface area contributed by atoms with Crippen LogP contribution in [0.1, 0.15) is 13.3 Å². The first-order valence-electron chi connectivity index (χ1n) is 7.87. The molecule has 0 radical (unpaired) electrons. The van der Waals surface area contributed by atoms with E-state index in [1.807, 2.05) is 43.3 Å². The topological polar surface area (TPSA) is 54.9 Å². The SMILES string of the molecule is CC[C@H](Sc1ccc(Cl)cc1)C(=O)Nc1nnc(-c2ccc(Cl)cc2)s1. The molecule has 2 aromatic carbocycles. The maximum absolute atomic E-state index is 12.6. The second-order valence-electron chi connectivity index (χ2n) is 5.38. The Hall–Kier alpha value is -1.60. The predicted octanol–water partition coefficient (Wildman–Crippen LogP) is 6.02. The second kappa shape index (κ2) is 8.86. The van der Waals surface area contributed by atoms with E-state index in [0.29, 0.717) is 21.6 Å². The van der Waals surface area contributed by atoms with E-state index in [1.165, 1.54) is 23.1 Å². The molecule has 0 aliphatic rings. The van der Waals surface area contributed by atoms with Gasteiger partial charge in [-0.3, -0.25) is 10.1 Å². The fourth-order valence-corrected chi connectivity index (χ4v) is 4.13. The number of carbonyl (C=O) groups is 1. The molecule has 8 heteroatoms. The molecule has 0 spiro atoms. The van der Waals surface area contributed by atoms with Crippen molar-refractivity contribution in [3.63, 3.8) is 0 Å². The van der Waals surface area contributed by atoms with Crippen LogP contribution in [0.4, 0.5) is 5.13 Å². The van der Waals surface area contributed by atoms with Crippen LogP contribution in [-0.4, -0.2) is 21.4 Å². The van der Waals surface area contributed by atoms with E-state index in [9.17, 15) is 4.79 Å². The number of amides is 1. The molecule has 1 aromatic heterocycles. The normalized spacial score (nSPS) is 12.0. The summed E-state index contributed by atoms with van der Waals surface area (Å²) in [5, 5.41) is 13.4. The number of carbonyl (C=O) groups excluding carboxylic acids is 1. The molecular formula is C18H15Cl2N3OS2. The monoisotopic (exact) mass is 423 g/mol. The minimum absolute atomic E-state index is 0.0914. The molecule has 0 saturated carbocycles. The molecule has 134 valence electrons. The zero-order chi connectivity index (χ0) is 18.5. The van der Waals surface area contributed by atoms with Crippen molar-refractivity contribution in [1.82, 2.24) is 10.2 Å². The molecule has 26 heavy (non-hydrogen) atoms. The molecule has 0 unspecified atom stereocenters. The fraction of sp³-hybridized carbons (Fsp3) is 0.167. The van der Waals surface area contributed by atoms with E-state index in [4.69, 9.17) is 23.2 Å². The molecule has 4 nitrogen and oxygen atoms in total. The van der Waals surface area contributed by atoms with E-state index in [-0.39, 0.29) is 11.2 Å². The van der Waals surface area contributed by atoms with Gasteiger partial charge in [0.15, 0.2) is 0 Å². The van der Waals surface area contributed by atoms with Gasteiger partial charge in [-0.1, -0.05) is 53.6 Å². The summed E-state index contributed by atoms with van der Waals surface area (Å²) in [6.07, 6.45) is 0.696. The van der Waals surface area contributed by atoms with Crippen LogP contribution in [-0.2, 0) is 4.79 Å². The number of benzene rings is 2. The lowest BCUT2D eigenvalue weighted by atomic mass is 10.2. The van der Waals surface area contributed by atoms with Crippen LogP contribution in [0.3, 0.4) is 0 Å². The summed E-state index contributed by atoms with van der Waals surface area (Å²) in [6.45, 7) is 1.98. The quantitative estimate of drug-likeness (QED) is 0.492. The van der Waals surface area contributed by atoms with Crippen LogP contribution >= 0.6 is 46.3 Å². The first kappa shape index (κ1) is 19.2. The van der Waals surface area contributed by atoms with Crippen molar-refractivity contribution in [2.45, 2.75) is 23.5 Å². The third-order valence-corrected chi connectivity index (χ3v) is 6.27. The lowest BCUT2D eigenvalue weighted by Crippen LogP contribution is -2.24. The molecule has 1 N–H and O–H groups in total. The third-order valence-electron chi connectivity index (χ3n) is 3.50. The standard InChI is InChI=1S/C18H15Cl2N3OS2/c1-2-15(25-14-9-7-13(20)8-10-14)16(24)21-18-23-22-17(26-18)11-3-5-12(19)6-4-11/h3-10,15H,2H2,1H3,(H,21,23,24)/t15-/m0/s1. The Morgan fingerprint density at radius 3 is 2.31 bits per heavy atom. The number of anilines is 1. The van der Waals surface area contributed by atoms with Gasteiger partial charge in [0.25, 0.3) is 0 Å². The van der Waals surface area contributed by atoms with E-state index >= 15 is 0 Å². The minimum Gasteiger partial charge on any atom is -0.300 e. The van der Waals surface area contributed by atoms with E-state index in [1.54, 1.807) is 12.1 Å². The summed E-state index contributed by atoms with van der Waals surface area (Å²) in [6, 6.07) is 14.8. The first-order chi connectivity index (χ1) is 12.5. The van der Waals surface area contributed by atoms with Crippen LogP contribution < -0.4 is 5.32 Å². The molecule has 3 aromatic rings. The largest absolute Gasteiger partial charge is 0.300 e. The third kappa shape index (κ3) is 4.98. The van der Waals surface area contributed by atoms with Gasteiger partial charge in [0.2, 0.25) is 11.0 Å². The fourth-order valence-electron chi connectivity index (χ4n) is 2.17. The zero-order valence-electron chi connectivity index (χ0n) is 13.8. The van der Waals surface area contributed by atoms with Crippen LogP contribution in [0.2, 0.25) is 10.0 Å². The number of nitrogens with zero attached hydrogens (tertiary/aromatic N) is 2. The Kier molecular flexibility index (Phi) is 6.53. The average molecular weight is 424 g/mol. The van der Waals surface area contributed by atoms with Crippen LogP contribution in [0, 0.1) is 0 Å². The molecule has 0 saturated heterocycles. The Labute approximate surface area is 169 Å². The molecule has 0 aliphatic heterocycles. The van der Waals surface area contributed by atoms with E-state index in [2.05, 4.69) is 15.5 Å². The molecular weight excluding hydrogens is 409 g/mol. The van der Waals surface area contributed by atoms with Crippen molar-refractivity contribution in [2.75, 3.05) is 5.32 Å². The lowest BCUT2D eigenvalue weighted by Gasteiger charge is -2.13. The number of aromatic nitrogens is 2. The molecule has 1 atom stereocenters. The zero-order valence-corrected chi connectivity index (χ0v) is 16.9. The highest BCUT2D eigenvalue weighted by Crippen LogP contribution is 2.30. The summed E-state index contributed by atoms with van der Waals surface area (Å²) < 4.78 is 0. The Morgan fingerprint density at radius 2 is 1.69 bits per heavy atom. The molecule has 1 heterocycles. The maximum atomic E-state index is 12.6. The van der Waals surface area contributed by atoms with Crippen molar-refractivity contribution >= 4 is 57.3 Å². The number of hydrogen-bond donors (Lipinski definition) is 1. The number of nitrogens with one attached hydrogen (secondary N) is 1. The van der Waals surface area contributed by atoms with Gasteiger partial charge in [0, 0.05) is 20.5 Å². The van der Waals surface area contributed by atoms with Gasteiger partial charge in [-0.15, -0.1) is 22.0 Å². The molecule has 0 fully saturated rings. The predicted molar refractivity (Wildman–Crippen MR) is 110 cm³/mol. The lowest BCUT2D eigenvalue weighted by molar-refractivity contribution is -0.115. The van der Waals surface area contributed by atoms with Gasteiger partial charge in [-0.2, -0.15) is 0 Å². The summed E-state index contributed by atoms with van der Waals surface area (Å²) in [5.74, 6) is -0.0914. The summed E-state index contributed by atoms with van der Waals surface area (Å²) in [5.41, 5.74) is 0.912. The number of halogens is 2. The van der Waals surface area contributed by atoms with E-state index < -0.39 is 0 Å². The van der Waals surface area contributed by atoms with Gasteiger partial charge in [-0.25, -0.2) is 0 Å². The van der Waals surface area contributed by atoms with Crippen molar-refractivity contribution in [1.29, 1.82) is 0 Å². The highest BCUT2D eigenvalue weighted by Gasteiger charge is 2.20. The van der Waals surface area contributed by atoms with Crippen molar-refractivity contribution < 1.29 is 4.79 Å². The van der Waals surface area contributed by atoms with Crippen molar-refractivity contribution in [3.05, 3.63) is 58.6 Å². The average Bonchev–Trinajstić information content (AvgIpc) is 3.10. The van der Waals surface area contributed by atoms with Crippen molar-refractivity contribution in [3.8, 4) is 10.6 Å². The van der Waals surface area contributed by atoms with Gasteiger partial charge in [0.1, 0.15) is 5.01 Å². The van der Waals surface area contributed by atoms with Crippen LogP contribution in [0.5, 0.6) is 0 Å². The van der Waals surface area contributed by atoms with Crippen molar-refractivity contribution in [2.24, 2.45) is 0 Å². The summed E-state index contributed by atoms with van der Waals surface area (Å²) in [4.78, 5) is 13.6. The van der Waals surface area contributed by atoms with Gasteiger partial charge in [0.05, 0.1) is 5.25 Å². The Bertz CT molecular complexity index is 882. The molecule has 1 amide bonds. The summed E-state index contributed by atoms with van der Waals surface area (Å²) >= 11 is 14.6. The van der Waals surface area contributed by atoms with Crippen LogP contribution in [0.25, 0.3) is 10.6 Å². The van der Waals surface area contributed by atoms with Crippen LogP contribution in [0.15, 0.2) is 53.4 Å². The molecule has 0 aliphatic carbocycles. The number of rotatable bonds is 6. The Morgan fingerprint density at radius 1 is 1.08 bits per heavy atom. The summed E-state index contributed by atoms with van der Waals surface area (Å²) in [7, 11) is 0. The highest BCUT2D eigenvalue weighted by atomic mass is 35.5. The highest BCUT2D eigenvalue weighted by molar-refractivity contribution is 8.00. The molecule has 0 bridgehead atoms. The number of thioether (sulfide) groups is 1. The minimum atomic E-state index is -0.223. The van der Waals surface area contributed by atoms with Gasteiger partial charge < -0.3 is 0 Å². The maximum Gasteiger partial charge on any atom is 0.239 e. The second-order valence-corrected chi connectivity index (χ2v) is 8.50.